The Labute approximate surface area is 152 Å². The number of sulfonamides is 1. The second-order valence-corrected chi connectivity index (χ2v) is 8.63. The SMILES string of the molecule is Cn1ccnc1S(=O)(=O)N1CC(N2CCN(c3ccc(F)cc3)CC2)C1. The third-order valence-corrected chi connectivity index (χ3v) is 7.03. The number of rotatable bonds is 4. The first-order valence-electron chi connectivity index (χ1n) is 8.67. The Morgan fingerprint density at radius 3 is 2.31 bits per heavy atom. The Hall–Kier alpha value is -1.97. The van der Waals surface area contributed by atoms with Crippen molar-refractivity contribution in [2.24, 2.45) is 7.05 Å². The Bertz CT molecular complexity index is 869. The average Bonchev–Trinajstić information content (AvgIpc) is 3.02. The Balaban J connectivity index is 1.32. The van der Waals surface area contributed by atoms with Gasteiger partial charge < -0.3 is 9.47 Å². The largest absolute Gasteiger partial charge is 0.369 e. The molecule has 4 rings (SSSR count). The van der Waals surface area contributed by atoms with Gasteiger partial charge in [0.05, 0.1) is 0 Å². The average molecular weight is 379 g/mol. The molecule has 0 saturated carbocycles. The van der Waals surface area contributed by atoms with Crippen molar-refractivity contribution >= 4 is 15.7 Å². The lowest BCUT2D eigenvalue weighted by Crippen LogP contribution is -2.64. The molecular formula is C17H22FN5O2S. The molecule has 7 nitrogen and oxygen atoms in total. The fraction of sp³-hybridized carbons (Fsp3) is 0.471. The summed E-state index contributed by atoms with van der Waals surface area (Å²) in [5, 5.41) is 0.0945. The second kappa shape index (κ2) is 6.64. The van der Waals surface area contributed by atoms with Crippen LogP contribution in [0.1, 0.15) is 0 Å². The fourth-order valence-electron chi connectivity index (χ4n) is 3.56. The summed E-state index contributed by atoms with van der Waals surface area (Å²) in [4.78, 5) is 8.53. The predicted octanol–water partition coefficient (Wildman–Crippen LogP) is 0.754. The highest BCUT2D eigenvalue weighted by Gasteiger charge is 2.41. The molecule has 26 heavy (non-hydrogen) atoms. The van der Waals surface area contributed by atoms with Gasteiger partial charge in [-0.25, -0.2) is 17.8 Å². The van der Waals surface area contributed by atoms with Gasteiger partial charge in [0.2, 0.25) is 5.16 Å². The number of anilines is 1. The van der Waals surface area contributed by atoms with E-state index in [0.29, 0.717) is 13.1 Å². The van der Waals surface area contributed by atoms with Crippen LogP contribution in [0, 0.1) is 5.82 Å². The zero-order chi connectivity index (χ0) is 18.3. The number of imidazole rings is 1. The highest BCUT2D eigenvalue weighted by Crippen LogP contribution is 2.25. The van der Waals surface area contributed by atoms with Crippen LogP contribution >= 0.6 is 0 Å². The summed E-state index contributed by atoms with van der Waals surface area (Å²) in [5.74, 6) is -0.226. The summed E-state index contributed by atoms with van der Waals surface area (Å²) in [5.41, 5.74) is 1.03. The van der Waals surface area contributed by atoms with E-state index in [-0.39, 0.29) is 17.0 Å². The van der Waals surface area contributed by atoms with Gasteiger partial charge in [-0.05, 0) is 24.3 Å². The van der Waals surface area contributed by atoms with Gasteiger partial charge in [0, 0.05) is 70.4 Å². The van der Waals surface area contributed by atoms with Crippen LogP contribution in [0.15, 0.2) is 41.8 Å². The monoisotopic (exact) mass is 379 g/mol. The van der Waals surface area contributed by atoms with Gasteiger partial charge in [-0.2, -0.15) is 4.31 Å². The molecular weight excluding hydrogens is 357 g/mol. The van der Waals surface area contributed by atoms with Gasteiger partial charge in [0.1, 0.15) is 5.82 Å². The van der Waals surface area contributed by atoms with E-state index in [4.69, 9.17) is 0 Å². The molecule has 1 aromatic heterocycles. The molecule has 2 aliphatic rings. The van der Waals surface area contributed by atoms with E-state index in [1.165, 1.54) is 27.2 Å². The maximum Gasteiger partial charge on any atom is 0.277 e. The first-order chi connectivity index (χ1) is 12.4. The van der Waals surface area contributed by atoms with Crippen molar-refractivity contribution in [3.05, 3.63) is 42.5 Å². The van der Waals surface area contributed by atoms with Crippen LogP contribution in [-0.4, -0.2) is 72.5 Å². The summed E-state index contributed by atoms with van der Waals surface area (Å²) >= 11 is 0. The lowest BCUT2D eigenvalue weighted by Gasteiger charge is -2.47. The van der Waals surface area contributed by atoms with Gasteiger partial charge in [-0.3, -0.25) is 4.90 Å². The van der Waals surface area contributed by atoms with Gasteiger partial charge in [0.15, 0.2) is 0 Å². The second-order valence-electron chi connectivity index (χ2n) is 6.80. The number of nitrogens with zero attached hydrogens (tertiary/aromatic N) is 5. The van der Waals surface area contributed by atoms with Crippen molar-refractivity contribution < 1.29 is 12.8 Å². The zero-order valence-electron chi connectivity index (χ0n) is 14.6. The maximum absolute atomic E-state index is 13.0. The molecule has 0 amide bonds. The van der Waals surface area contributed by atoms with E-state index in [1.54, 1.807) is 25.4 Å². The van der Waals surface area contributed by atoms with Crippen LogP contribution in [-0.2, 0) is 17.1 Å². The number of hydrogen-bond acceptors (Lipinski definition) is 5. The minimum absolute atomic E-state index is 0.0945. The van der Waals surface area contributed by atoms with Gasteiger partial charge in [0.25, 0.3) is 10.0 Å². The maximum atomic E-state index is 13.0. The van der Waals surface area contributed by atoms with E-state index in [9.17, 15) is 12.8 Å². The number of hydrogen-bond donors (Lipinski definition) is 0. The van der Waals surface area contributed by atoms with Crippen LogP contribution in [0.25, 0.3) is 0 Å². The van der Waals surface area contributed by atoms with E-state index >= 15 is 0 Å². The van der Waals surface area contributed by atoms with Crippen LogP contribution in [0.2, 0.25) is 0 Å². The van der Waals surface area contributed by atoms with Gasteiger partial charge in [-0.1, -0.05) is 0 Å². The van der Waals surface area contributed by atoms with E-state index < -0.39 is 10.0 Å². The first-order valence-corrected chi connectivity index (χ1v) is 10.1. The summed E-state index contributed by atoms with van der Waals surface area (Å²) in [6, 6.07) is 6.81. The number of benzene rings is 1. The Kier molecular flexibility index (Phi) is 4.45. The third kappa shape index (κ3) is 3.10. The van der Waals surface area contributed by atoms with E-state index in [0.717, 1.165) is 31.9 Å². The van der Waals surface area contributed by atoms with E-state index in [2.05, 4.69) is 14.8 Å². The molecule has 2 fully saturated rings. The topological polar surface area (TPSA) is 61.7 Å². The molecule has 2 saturated heterocycles. The number of piperazine rings is 1. The number of aromatic nitrogens is 2. The molecule has 9 heteroatoms. The smallest absolute Gasteiger partial charge is 0.277 e. The number of aryl methyl sites for hydroxylation is 1. The molecule has 2 aliphatic heterocycles. The van der Waals surface area contributed by atoms with Crippen LogP contribution in [0.5, 0.6) is 0 Å². The van der Waals surface area contributed by atoms with Crippen molar-refractivity contribution in [1.29, 1.82) is 0 Å². The standard InChI is InChI=1S/C17H22FN5O2S/c1-20-7-6-19-17(20)26(24,25)23-12-16(13-23)22-10-8-21(9-11-22)15-4-2-14(18)3-5-15/h2-7,16H,8-13H2,1H3. The van der Waals surface area contributed by atoms with Crippen molar-refractivity contribution in [1.82, 2.24) is 18.8 Å². The fourth-order valence-corrected chi connectivity index (χ4v) is 5.14. The quantitative estimate of drug-likeness (QED) is 0.785. The summed E-state index contributed by atoms with van der Waals surface area (Å²) in [7, 11) is -1.82. The third-order valence-electron chi connectivity index (χ3n) is 5.20. The normalized spacial score (nSPS) is 20.3. The summed E-state index contributed by atoms with van der Waals surface area (Å²) in [6.07, 6.45) is 3.14. The molecule has 0 bridgehead atoms. The minimum Gasteiger partial charge on any atom is -0.369 e. The molecule has 0 aliphatic carbocycles. The van der Waals surface area contributed by atoms with Crippen LogP contribution < -0.4 is 4.90 Å². The van der Waals surface area contributed by atoms with Crippen molar-refractivity contribution in [2.75, 3.05) is 44.2 Å². The lowest BCUT2D eigenvalue weighted by molar-refractivity contribution is 0.0823. The van der Waals surface area contributed by atoms with Crippen LogP contribution in [0.4, 0.5) is 10.1 Å². The summed E-state index contributed by atoms with van der Waals surface area (Å²) < 4.78 is 41.2. The van der Waals surface area contributed by atoms with Crippen molar-refractivity contribution in [2.45, 2.75) is 11.2 Å². The highest BCUT2D eigenvalue weighted by atomic mass is 32.2. The molecule has 0 N–H and O–H groups in total. The minimum atomic E-state index is -3.51. The predicted molar refractivity (Wildman–Crippen MR) is 95.9 cm³/mol. The molecule has 0 radical (unpaired) electrons. The molecule has 140 valence electrons. The Morgan fingerprint density at radius 2 is 1.73 bits per heavy atom. The van der Waals surface area contributed by atoms with E-state index in [1.807, 2.05) is 0 Å². The lowest BCUT2D eigenvalue weighted by atomic mass is 10.1. The van der Waals surface area contributed by atoms with Gasteiger partial charge >= 0.3 is 0 Å². The van der Waals surface area contributed by atoms with Gasteiger partial charge in [-0.15, -0.1) is 0 Å². The zero-order valence-corrected chi connectivity index (χ0v) is 15.4. The Morgan fingerprint density at radius 1 is 1.08 bits per heavy atom. The molecule has 3 heterocycles. The first kappa shape index (κ1) is 17.4. The van der Waals surface area contributed by atoms with Crippen LogP contribution in [0.3, 0.4) is 0 Å². The highest BCUT2D eigenvalue weighted by molar-refractivity contribution is 7.89. The molecule has 1 aromatic carbocycles. The molecule has 0 atom stereocenters. The van der Waals surface area contributed by atoms with Crippen molar-refractivity contribution in [3.8, 4) is 0 Å². The molecule has 0 unspecified atom stereocenters. The van der Waals surface area contributed by atoms with Crippen molar-refractivity contribution in [3.63, 3.8) is 0 Å². The summed E-state index contributed by atoms with van der Waals surface area (Å²) in [6.45, 7) is 4.47. The number of halogens is 1. The molecule has 0 spiro atoms. The molecule has 2 aromatic rings.